The number of nitriles is 1. The van der Waals surface area contributed by atoms with Gasteiger partial charge in [-0.3, -0.25) is 4.79 Å². The maximum atomic E-state index is 11.8. The third-order valence-electron chi connectivity index (χ3n) is 2.31. The normalized spacial score (nSPS) is 12.6. The van der Waals surface area contributed by atoms with Crippen molar-refractivity contribution in [2.75, 3.05) is 0 Å². The van der Waals surface area contributed by atoms with Gasteiger partial charge in [0.25, 0.3) is 0 Å². The van der Waals surface area contributed by atoms with Gasteiger partial charge in [-0.25, -0.2) is 0 Å². The first-order valence-electron chi connectivity index (χ1n) is 5.78. The van der Waals surface area contributed by atoms with Crippen LogP contribution in [0.4, 0.5) is 0 Å². The topological polar surface area (TPSA) is 52.9 Å². The Labute approximate surface area is 113 Å². The first-order valence-corrected chi connectivity index (χ1v) is 6.16. The molecule has 1 aromatic rings. The molecule has 1 aromatic carbocycles. The van der Waals surface area contributed by atoms with E-state index in [2.05, 4.69) is 11.4 Å². The molecule has 0 fully saturated rings. The molecule has 0 bridgehead atoms. The molecule has 0 heterocycles. The number of carbonyl (C=O) groups is 1. The van der Waals surface area contributed by atoms with Crippen LogP contribution in [-0.2, 0) is 4.79 Å². The molecule has 1 amide bonds. The van der Waals surface area contributed by atoms with Crippen LogP contribution < -0.4 is 5.32 Å². The van der Waals surface area contributed by atoms with E-state index < -0.39 is 5.92 Å². The molecular weight excluding hydrogens is 248 g/mol. The Morgan fingerprint density at radius 2 is 2.17 bits per heavy atom. The van der Waals surface area contributed by atoms with Crippen LogP contribution in [0.25, 0.3) is 0 Å². The van der Waals surface area contributed by atoms with Crippen LogP contribution in [0.15, 0.2) is 24.3 Å². The zero-order chi connectivity index (χ0) is 13.8. The molecular formula is C14H17ClN2O. The number of amides is 1. The van der Waals surface area contributed by atoms with Crippen molar-refractivity contribution in [3.8, 4) is 6.07 Å². The van der Waals surface area contributed by atoms with E-state index in [1.165, 1.54) is 0 Å². The van der Waals surface area contributed by atoms with Crippen molar-refractivity contribution in [3.05, 3.63) is 34.9 Å². The van der Waals surface area contributed by atoms with Crippen LogP contribution >= 0.6 is 11.6 Å². The van der Waals surface area contributed by atoms with E-state index in [-0.39, 0.29) is 17.9 Å². The summed E-state index contributed by atoms with van der Waals surface area (Å²) < 4.78 is 0. The summed E-state index contributed by atoms with van der Waals surface area (Å²) in [5.74, 6) is -0.597. The molecule has 0 aliphatic heterocycles. The quantitative estimate of drug-likeness (QED) is 0.911. The maximum Gasteiger partial charge on any atom is 0.222 e. The molecule has 0 saturated carbocycles. The van der Waals surface area contributed by atoms with Crippen molar-refractivity contribution in [2.45, 2.75) is 38.6 Å². The van der Waals surface area contributed by atoms with E-state index in [1.807, 2.05) is 26.8 Å². The lowest BCUT2D eigenvalue weighted by Gasteiger charge is -2.21. The fourth-order valence-corrected chi connectivity index (χ4v) is 1.81. The highest BCUT2D eigenvalue weighted by atomic mass is 35.5. The van der Waals surface area contributed by atoms with Gasteiger partial charge in [-0.2, -0.15) is 5.26 Å². The molecule has 1 N–H and O–H groups in total. The van der Waals surface area contributed by atoms with Gasteiger partial charge < -0.3 is 5.32 Å². The van der Waals surface area contributed by atoms with Gasteiger partial charge in [-0.15, -0.1) is 0 Å². The number of carbonyl (C=O) groups excluding carboxylic acids is 1. The average Bonchev–Trinajstić information content (AvgIpc) is 2.23. The Kier molecular flexibility index (Phi) is 4.75. The molecule has 0 saturated heterocycles. The van der Waals surface area contributed by atoms with Crippen molar-refractivity contribution in [1.82, 2.24) is 5.32 Å². The van der Waals surface area contributed by atoms with E-state index in [0.717, 1.165) is 5.56 Å². The Morgan fingerprint density at radius 3 is 2.67 bits per heavy atom. The van der Waals surface area contributed by atoms with E-state index in [0.29, 0.717) is 5.02 Å². The first-order chi connectivity index (χ1) is 8.31. The molecule has 3 nitrogen and oxygen atoms in total. The minimum Gasteiger partial charge on any atom is -0.351 e. The number of rotatable bonds is 3. The molecule has 0 aliphatic carbocycles. The molecule has 1 atom stereocenters. The summed E-state index contributed by atoms with van der Waals surface area (Å²) in [4.78, 5) is 11.8. The van der Waals surface area contributed by atoms with Gasteiger partial charge in [0.1, 0.15) is 0 Å². The minimum absolute atomic E-state index is 0.131. The number of hydrogen-bond donors (Lipinski definition) is 1. The molecule has 0 aromatic heterocycles. The lowest BCUT2D eigenvalue weighted by Crippen LogP contribution is -2.41. The molecule has 96 valence electrons. The van der Waals surface area contributed by atoms with Gasteiger partial charge in [-0.05, 0) is 38.5 Å². The number of halogens is 1. The Balaban J connectivity index is 2.75. The Morgan fingerprint density at radius 1 is 1.50 bits per heavy atom. The molecule has 0 radical (unpaired) electrons. The monoisotopic (exact) mass is 264 g/mol. The minimum atomic E-state index is -0.467. The summed E-state index contributed by atoms with van der Waals surface area (Å²) in [6.07, 6.45) is 0.147. The lowest BCUT2D eigenvalue weighted by atomic mass is 9.96. The second-order valence-electron chi connectivity index (χ2n) is 5.24. The van der Waals surface area contributed by atoms with Gasteiger partial charge in [0.15, 0.2) is 0 Å². The molecule has 0 aliphatic rings. The van der Waals surface area contributed by atoms with Crippen LogP contribution in [0.1, 0.15) is 38.7 Å². The highest BCUT2D eigenvalue weighted by Gasteiger charge is 2.19. The summed E-state index contributed by atoms with van der Waals surface area (Å²) in [7, 11) is 0. The predicted molar refractivity (Wildman–Crippen MR) is 72.3 cm³/mol. The zero-order valence-corrected chi connectivity index (χ0v) is 11.6. The largest absolute Gasteiger partial charge is 0.351 e. The van der Waals surface area contributed by atoms with E-state index in [9.17, 15) is 4.79 Å². The van der Waals surface area contributed by atoms with Crippen LogP contribution in [-0.4, -0.2) is 11.4 Å². The van der Waals surface area contributed by atoms with E-state index in [4.69, 9.17) is 16.9 Å². The summed E-state index contributed by atoms with van der Waals surface area (Å²) in [5, 5.41) is 12.6. The van der Waals surface area contributed by atoms with Crippen molar-refractivity contribution >= 4 is 17.5 Å². The van der Waals surface area contributed by atoms with Gasteiger partial charge in [-0.1, -0.05) is 23.7 Å². The number of nitrogens with zero attached hydrogens (tertiary/aromatic N) is 1. The highest BCUT2D eigenvalue weighted by molar-refractivity contribution is 6.30. The van der Waals surface area contributed by atoms with Crippen molar-refractivity contribution < 1.29 is 4.79 Å². The maximum absolute atomic E-state index is 11.8. The summed E-state index contributed by atoms with van der Waals surface area (Å²) in [5.41, 5.74) is 0.486. The molecule has 4 heteroatoms. The molecule has 0 spiro atoms. The molecule has 18 heavy (non-hydrogen) atoms. The number of nitrogens with one attached hydrogen (secondary N) is 1. The van der Waals surface area contributed by atoms with Gasteiger partial charge in [0.05, 0.1) is 12.0 Å². The predicted octanol–water partition coefficient (Wildman–Crippen LogP) is 3.25. The van der Waals surface area contributed by atoms with Gasteiger partial charge in [0, 0.05) is 17.0 Å². The van der Waals surface area contributed by atoms with Crippen LogP contribution in [0.2, 0.25) is 5.02 Å². The highest BCUT2D eigenvalue weighted by Crippen LogP contribution is 2.22. The Bertz CT molecular complexity index is 471. The van der Waals surface area contributed by atoms with Crippen LogP contribution in [0.5, 0.6) is 0 Å². The van der Waals surface area contributed by atoms with Crippen molar-refractivity contribution in [1.29, 1.82) is 5.26 Å². The fraction of sp³-hybridized carbons (Fsp3) is 0.429. The van der Waals surface area contributed by atoms with Crippen LogP contribution in [0.3, 0.4) is 0 Å². The van der Waals surface area contributed by atoms with Crippen molar-refractivity contribution in [3.63, 3.8) is 0 Å². The number of hydrogen-bond acceptors (Lipinski definition) is 2. The van der Waals surface area contributed by atoms with Gasteiger partial charge >= 0.3 is 0 Å². The van der Waals surface area contributed by atoms with Crippen molar-refractivity contribution in [2.24, 2.45) is 0 Å². The summed E-state index contributed by atoms with van der Waals surface area (Å²) >= 11 is 5.88. The SMILES string of the molecule is CC(C)(C)NC(=O)CC(C#N)c1cccc(Cl)c1. The Hall–Kier alpha value is -1.53. The third-order valence-corrected chi connectivity index (χ3v) is 2.55. The lowest BCUT2D eigenvalue weighted by molar-refractivity contribution is -0.122. The second kappa shape index (κ2) is 5.88. The second-order valence-corrected chi connectivity index (χ2v) is 5.68. The zero-order valence-electron chi connectivity index (χ0n) is 10.8. The summed E-state index contributed by atoms with van der Waals surface area (Å²) in [6.45, 7) is 5.73. The molecule has 1 unspecified atom stereocenters. The van der Waals surface area contributed by atoms with Crippen LogP contribution in [0, 0.1) is 11.3 Å². The standard InChI is InChI=1S/C14H17ClN2O/c1-14(2,3)17-13(18)8-11(9-16)10-5-4-6-12(15)7-10/h4-7,11H,8H2,1-3H3,(H,17,18). The summed E-state index contributed by atoms with van der Waals surface area (Å²) in [6, 6.07) is 9.20. The van der Waals surface area contributed by atoms with Gasteiger partial charge in [0.2, 0.25) is 5.91 Å². The third kappa shape index (κ3) is 4.77. The average molecular weight is 265 g/mol. The fourth-order valence-electron chi connectivity index (χ4n) is 1.62. The number of benzene rings is 1. The smallest absolute Gasteiger partial charge is 0.222 e. The first kappa shape index (κ1) is 14.5. The van der Waals surface area contributed by atoms with E-state index in [1.54, 1.807) is 18.2 Å². The van der Waals surface area contributed by atoms with E-state index >= 15 is 0 Å². The molecule has 1 rings (SSSR count).